The van der Waals surface area contributed by atoms with E-state index in [0.717, 1.165) is 28.8 Å². The maximum absolute atomic E-state index is 12.7. The van der Waals surface area contributed by atoms with Crippen LogP contribution in [0.4, 0.5) is 58.9 Å². The minimum atomic E-state index is -4.61. The van der Waals surface area contributed by atoms with Crippen molar-refractivity contribution in [2.45, 2.75) is 22.1 Å². The van der Waals surface area contributed by atoms with Gasteiger partial charge in [0.1, 0.15) is 24.6 Å². The summed E-state index contributed by atoms with van der Waals surface area (Å²) in [4.78, 5) is 76.7. The molecule has 6 aromatic rings. The zero-order valence-electron chi connectivity index (χ0n) is 40.9. The monoisotopic (exact) mass is 1130 g/mol. The van der Waals surface area contributed by atoms with Crippen molar-refractivity contribution in [2.75, 3.05) is 60.6 Å². The highest BCUT2D eigenvalue weighted by Gasteiger charge is 2.32. The van der Waals surface area contributed by atoms with E-state index < -0.39 is 97.9 Å². The molecule has 25 nitrogen and oxygen atoms in total. The number of rotatable bonds is 15. The van der Waals surface area contributed by atoms with Crippen LogP contribution >= 0.6 is 0 Å². The lowest BCUT2D eigenvalue weighted by Crippen LogP contribution is -2.20. The predicted octanol–water partition coefficient (Wildman–Crippen LogP) is 5.39. The Morgan fingerprint density at radius 1 is 0.584 bits per heavy atom. The number of halogens is 6. The SMILES string of the molecule is COC(=O)c1cc(N)cn1C.COC(=O)c1cc(NC(=O)c2nc(NC(=O)OCCS(=O)(=O)c3ccc(C(F)(F)F)cc3)cn2C)cn1C.Cn1cc(NC(=O)OCCS(=O)(=O)c2ccc(C(F)(F)F)cc2)nc1C(=O)O. The second kappa shape index (κ2) is 25.1. The molecule has 0 aliphatic carbocycles. The van der Waals surface area contributed by atoms with Crippen LogP contribution in [0.3, 0.4) is 0 Å². The molecule has 0 spiro atoms. The van der Waals surface area contributed by atoms with E-state index in [1.54, 1.807) is 30.9 Å². The Morgan fingerprint density at radius 2 is 0.974 bits per heavy atom. The first-order valence-electron chi connectivity index (χ1n) is 21.3. The molecule has 0 bridgehead atoms. The quantitative estimate of drug-likeness (QED) is 0.0488. The molecule has 0 unspecified atom stereocenters. The summed E-state index contributed by atoms with van der Waals surface area (Å²) in [7, 11) is 0.772. The molecule has 6 N–H and O–H groups in total. The van der Waals surface area contributed by atoms with Crippen LogP contribution in [0.15, 0.2) is 95.2 Å². The number of nitrogens with zero attached hydrogens (tertiary/aromatic N) is 6. The Kier molecular flexibility index (Phi) is 19.8. The molecule has 0 saturated carbocycles. The average molecular weight is 1130 g/mol. The number of aromatic nitrogens is 6. The number of esters is 2. The van der Waals surface area contributed by atoms with Crippen LogP contribution in [0, 0.1) is 0 Å². The zero-order chi connectivity index (χ0) is 57.8. The van der Waals surface area contributed by atoms with Gasteiger partial charge in [-0.15, -0.1) is 0 Å². The number of methoxy groups -OCH3 is 2. The van der Waals surface area contributed by atoms with Gasteiger partial charge >= 0.3 is 42.4 Å². The largest absolute Gasteiger partial charge is 0.475 e. The molecule has 0 fully saturated rings. The van der Waals surface area contributed by atoms with Gasteiger partial charge in [0.05, 0.1) is 58.0 Å². The summed E-state index contributed by atoms with van der Waals surface area (Å²) < 4.78 is 148. The van der Waals surface area contributed by atoms with Crippen LogP contribution in [0.25, 0.3) is 0 Å². The molecule has 6 rings (SSSR count). The van der Waals surface area contributed by atoms with Crippen LogP contribution < -0.4 is 21.7 Å². The number of alkyl halides is 6. The number of benzene rings is 2. The first kappa shape index (κ1) is 60.7. The van der Waals surface area contributed by atoms with Crippen molar-refractivity contribution >= 4 is 78.7 Å². The van der Waals surface area contributed by atoms with Gasteiger partial charge in [-0.1, -0.05) is 0 Å². The number of aryl methyl sites for hydroxylation is 4. The van der Waals surface area contributed by atoms with Crippen molar-refractivity contribution in [1.29, 1.82) is 0 Å². The van der Waals surface area contributed by atoms with E-state index in [1.807, 2.05) is 0 Å². The summed E-state index contributed by atoms with van der Waals surface area (Å²) in [5, 5.41) is 15.8. The molecule has 3 amide bonds. The number of imidazole rings is 2. The number of sulfone groups is 2. The lowest BCUT2D eigenvalue weighted by molar-refractivity contribution is -0.138. The third-order valence-corrected chi connectivity index (χ3v) is 13.3. The molecule has 0 aliphatic rings. The molecule has 77 heavy (non-hydrogen) atoms. The number of carbonyl (C=O) groups excluding carboxylic acids is 5. The van der Waals surface area contributed by atoms with E-state index in [2.05, 4.69) is 40.1 Å². The molecular weight excluding hydrogens is 1090 g/mol. The Morgan fingerprint density at radius 3 is 1.34 bits per heavy atom. The number of carbonyl (C=O) groups is 6. The first-order valence-corrected chi connectivity index (χ1v) is 24.6. The minimum absolute atomic E-state index is 0.0726. The van der Waals surface area contributed by atoms with Crippen LogP contribution in [-0.2, 0) is 79.2 Å². The lowest BCUT2D eigenvalue weighted by atomic mass is 10.2. The van der Waals surface area contributed by atoms with Gasteiger partial charge in [0, 0.05) is 53.0 Å². The number of carboxylic acid groups (broad SMARTS) is 1. The number of nitrogens with one attached hydrogen (secondary N) is 3. The van der Waals surface area contributed by atoms with E-state index >= 15 is 0 Å². The molecule has 2 aromatic carbocycles. The fourth-order valence-electron chi connectivity index (χ4n) is 6.20. The number of nitrogen functional groups attached to an aromatic ring is 1. The Bertz CT molecular complexity index is 3350. The minimum Gasteiger partial charge on any atom is -0.475 e. The summed E-state index contributed by atoms with van der Waals surface area (Å²) in [6.07, 6.45) is -5.67. The lowest BCUT2D eigenvalue weighted by Gasteiger charge is -2.09. The van der Waals surface area contributed by atoms with Crippen molar-refractivity contribution in [3.63, 3.8) is 0 Å². The second-order valence-corrected chi connectivity index (χ2v) is 19.8. The van der Waals surface area contributed by atoms with Crippen molar-refractivity contribution in [1.82, 2.24) is 28.2 Å². The van der Waals surface area contributed by atoms with Gasteiger partial charge < -0.3 is 53.4 Å². The maximum atomic E-state index is 12.7. The van der Waals surface area contributed by atoms with Crippen molar-refractivity contribution in [3.8, 4) is 0 Å². The summed E-state index contributed by atoms with van der Waals surface area (Å²) in [5.74, 6) is -4.89. The Labute approximate surface area is 432 Å². The normalized spacial score (nSPS) is 11.4. The number of aromatic carboxylic acids is 1. The third-order valence-electron chi connectivity index (χ3n) is 9.94. The third kappa shape index (κ3) is 17.1. The number of anilines is 4. The van der Waals surface area contributed by atoms with Gasteiger partial charge in [-0.25, -0.2) is 50.8 Å². The fraction of sp³-hybridized carbons (Fsp3) is 0.273. The Balaban J connectivity index is 0.000000285. The summed E-state index contributed by atoms with van der Waals surface area (Å²) in [5.41, 5.74) is 4.98. The topological polar surface area (TPSA) is 335 Å². The summed E-state index contributed by atoms with van der Waals surface area (Å²) >= 11 is 0. The number of carboxylic acids is 1. The number of amides is 3. The van der Waals surface area contributed by atoms with Crippen LogP contribution in [0.2, 0.25) is 0 Å². The molecule has 0 aliphatic heterocycles. The maximum Gasteiger partial charge on any atom is 0.416 e. The molecule has 33 heteroatoms. The average Bonchev–Trinajstić information content (AvgIpc) is 4.11. The molecule has 4 aromatic heterocycles. The number of hydrogen-bond acceptors (Lipinski definition) is 17. The van der Waals surface area contributed by atoms with Gasteiger partial charge in [-0.3, -0.25) is 15.4 Å². The molecular formula is C44H46F6N10O15S2. The molecule has 0 saturated heterocycles. The standard InChI is InChI=1S/C22H22F3N5O7S.C15H14F3N3O6S.C7H10N2O2/c1-29-11-14(10-16(29)20(32)36-3)26-19(31)18-27-17(12-30(18)2)28-21(33)37-8-9-38(34,35)15-6-4-13(5-7-15)22(23,24)25;1-21-8-11(19-12(21)13(22)23)20-14(24)27-6-7-28(25,26)10-4-2-9(3-5-10)15(16,17)18;1-9-4-5(8)3-6(9)7(10)11-2/h4-7,10-12H,8-9H2,1-3H3,(H,26,31)(H,28,33);2-5,8H,6-7H2,1H3,(H,20,24)(H,22,23);3-4H,8H2,1-2H3. The van der Waals surface area contributed by atoms with Crippen molar-refractivity contribution in [2.24, 2.45) is 28.2 Å². The van der Waals surface area contributed by atoms with E-state index in [1.165, 1.54) is 62.1 Å². The van der Waals surface area contributed by atoms with Gasteiger partial charge in [0.15, 0.2) is 31.3 Å². The molecule has 0 radical (unpaired) electrons. The predicted molar refractivity (Wildman–Crippen MR) is 256 cm³/mol. The molecule has 4 heterocycles. The van der Waals surface area contributed by atoms with Gasteiger partial charge in [0.25, 0.3) is 5.91 Å². The summed E-state index contributed by atoms with van der Waals surface area (Å²) in [6, 6.07) is 8.83. The van der Waals surface area contributed by atoms with Crippen LogP contribution in [0.5, 0.6) is 0 Å². The smallest absolute Gasteiger partial charge is 0.416 e. The fourth-order valence-corrected chi connectivity index (χ4v) is 8.37. The van der Waals surface area contributed by atoms with Crippen molar-refractivity contribution in [3.05, 3.63) is 120 Å². The van der Waals surface area contributed by atoms with Gasteiger partial charge in [-0.2, -0.15) is 26.3 Å². The second-order valence-electron chi connectivity index (χ2n) is 15.6. The highest BCUT2D eigenvalue weighted by Crippen LogP contribution is 2.31. The highest BCUT2D eigenvalue weighted by molar-refractivity contribution is 7.91. The summed E-state index contributed by atoms with van der Waals surface area (Å²) in [6.45, 7) is -1.17. The van der Waals surface area contributed by atoms with Crippen molar-refractivity contribution < 1.29 is 96.0 Å². The molecule has 0 atom stereocenters. The van der Waals surface area contributed by atoms with Crippen LogP contribution in [-0.4, -0.2) is 125 Å². The first-order chi connectivity index (χ1) is 35.8. The molecule has 416 valence electrons. The number of nitrogens with two attached hydrogens (primary N) is 1. The van der Waals surface area contributed by atoms with Gasteiger partial charge in [-0.05, 0) is 60.7 Å². The van der Waals surface area contributed by atoms with Crippen LogP contribution in [0.1, 0.15) is 53.3 Å². The van der Waals surface area contributed by atoms with E-state index in [9.17, 15) is 71.9 Å². The number of hydrogen-bond donors (Lipinski definition) is 5. The van der Waals surface area contributed by atoms with E-state index in [-0.39, 0.29) is 44.7 Å². The van der Waals surface area contributed by atoms with E-state index in [4.69, 9.17) is 15.6 Å². The zero-order valence-corrected chi connectivity index (χ0v) is 42.6. The number of ether oxygens (including phenoxy) is 4. The van der Waals surface area contributed by atoms with Gasteiger partial charge in [0.2, 0.25) is 11.6 Å². The Hall–Kier alpha value is -8.88. The van der Waals surface area contributed by atoms with E-state index in [0.29, 0.717) is 41.3 Å². The highest BCUT2D eigenvalue weighted by atomic mass is 32.2.